The SMILES string of the molecule is N#CO[Si]. The highest BCUT2D eigenvalue weighted by Gasteiger charge is 1.46. The van der Waals surface area contributed by atoms with Gasteiger partial charge in [0.05, 0.1) is 0 Å². The lowest BCUT2D eigenvalue weighted by Crippen LogP contribution is -1.60. The van der Waals surface area contributed by atoms with Gasteiger partial charge in [-0.05, 0) is 0 Å². The van der Waals surface area contributed by atoms with Crippen LogP contribution in [-0.4, -0.2) is 10.5 Å². The molecule has 0 rings (SSSR count). The molecule has 0 aromatic carbocycles. The van der Waals surface area contributed by atoms with Crippen molar-refractivity contribution in [2.45, 2.75) is 0 Å². The summed E-state index contributed by atoms with van der Waals surface area (Å²) in [6.07, 6.45) is 1.34. The summed E-state index contributed by atoms with van der Waals surface area (Å²) in [4.78, 5) is 0. The molecule has 0 aromatic heterocycles. The molecule has 0 aromatic rings. The zero-order valence-electron chi connectivity index (χ0n) is 1.86. The molecule has 2 nitrogen and oxygen atoms in total. The van der Waals surface area contributed by atoms with Crippen LogP contribution in [0.25, 0.3) is 0 Å². The van der Waals surface area contributed by atoms with Crippen molar-refractivity contribution in [3.05, 3.63) is 0 Å². The Kier molecular flexibility index (Phi) is 2.20. The van der Waals surface area contributed by atoms with E-state index in [1.54, 1.807) is 0 Å². The van der Waals surface area contributed by atoms with Crippen molar-refractivity contribution in [3.8, 4) is 6.26 Å². The molecular formula is CNOSi. The van der Waals surface area contributed by atoms with Gasteiger partial charge in [0, 0.05) is 0 Å². The monoisotopic (exact) mass is 70.0 g/mol. The Balaban J connectivity index is 2.43. The van der Waals surface area contributed by atoms with E-state index in [0.717, 1.165) is 0 Å². The van der Waals surface area contributed by atoms with Gasteiger partial charge in [0.1, 0.15) is 0 Å². The minimum atomic E-state index is 1.34. The van der Waals surface area contributed by atoms with Crippen LogP contribution in [0, 0.1) is 11.5 Å². The topological polar surface area (TPSA) is 33.0 Å². The first-order chi connectivity index (χ1) is 1.91. The zero-order chi connectivity index (χ0) is 3.41. The average Bonchev–Trinajstić information content (AvgIpc) is 1.37. The summed E-state index contributed by atoms with van der Waals surface area (Å²) < 4.78 is 3.65. The smallest absolute Gasteiger partial charge is 0.362 e. The van der Waals surface area contributed by atoms with Gasteiger partial charge in [0.25, 0.3) is 6.26 Å². The summed E-state index contributed by atoms with van der Waals surface area (Å²) in [5.74, 6) is 0. The van der Waals surface area contributed by atoms with E-state index in [1.165, 1.54) is 6.26 Å². The van der Waals surface area contributed by atoms with Gasteiger partial charge in [0.2, 0.25) is 0 Å². The van der Waals surface area contributed by atoms with E-state index >= 15 is 0 Å². The summed E-state index contributed by atoms with van der Waals surface area (Å²) in [6, 6.07) is 0. The maximum atomic E-state index is 7.35. The van der Waals surface area contributed by atoms with E-state index in [9.17, 15) is 0 Å². The minimum absolute atomic E-state index is 1.34. The summed E-state index contributed by atoms with van der Waals surface area (Å²) in [5, 5.41) is 7.35. The van der Waals surface area contributed by atoms with Crippen molar-refractivity contribution in [1.82, 2.24) is 0 Å². The van der Waals surface area contributed by atoms with Crippen LogP contribution in [0.3, 0.4) is 0 Å². The largest absolute Gasteiger partial charge is 0.481 e. The molecule has 0 fully saturated rings. The second kappa shape index (κ2) is 2.51. The van der Waals surface area contributed by atoms with Crippen molar-refractivity contribution in [2.24, 2.45) is 0 Å². The van der Waals surface area contributed by atoms with E-state index in [1.807, 2.05) is 0 Å². The van der Waals surface area contributed by atoms with Gasteiger partial charge in [-0.25, -0.2) is 0 Å². The van der Waals surface area contributed by atoms with Crippen molar-refractivity contribution in [3.63, 3.8) is 0 Å². The van der Waals surface area contributed by atoms with Crippen LogP contribution in [0.2, 0.25) is 0 Å². The molecule has 3 radical (unpaired) electrons. The fraction of sp³-hybridized carbons (Fsp3) is 0. The Bertz CT molecular complexity index is 37.8. The second-order valence-corrected chi connectivity index (χ2v) is 0.397. The number of hydrogen-bond donors (Lipinski definition) is 0. The van der Waals surface area contributed by atoms with Crippen molar-refractivity contribution < 1.29 is 4.43 Å². The predicted octanol–water partition coefficient (Wildman–Crippen LogP) is -0.432. The first-order valence-corrected chi connectivity index (χ1v) is 1.04. The van der Waals surface area contributed by atoms with Crippen molar-refractivity contribution in [1.29, 1.82) is 5.26 Å². The van der Waals surface area contributed by atoms with Gasteiger partial charge in [-0.15, -0.1) is 0 Å². The molecule has 4 heavy (non-hydrogen) atoms. The second-order valence-electron chi connectivity index (χ2n) is 0.193. The van der Waals surface area contributed by atoms with E-state index in [2.05, 4.69) is 14.9 Å². The standard InChI is InChI=1S/CNOSi/c2-1-3-4. The summed E-state index contributed by atoms with van der Waals surface area (Å²) in [7, 11) is 2.43. The first kappa shape index (κ1) is 3.51. The van der Waals surface area contributed by atoms with Crippen molar-refractivity contribution in [2.75, 3.05) is 0 Å². The van der Waals surface area contributed by atoms with E-state index in [4.69, 9.17) is 5.26 Å². The highest BCUT2D eigenvalue weighted by molar-refractivity contribution is 5.98. The number of nitriles is 1. The third kappa shape index (κ3) is 1.51. The Labute approximate surface area is 27.5 Å². The van der Waals surface area contributed by atoms with Gasteiger partial charge in [-0.2, -0.15) is 5.26 Å². The van der Waals surface area contributed by atoms with Crippen LogP contribution in [0.15, 0.2) is 0 Å². The molecule has 0 aliphatic heterocycles. The molecule has 0 saturated heterocycles. The quantitative estimate of drug-likeness (QED) is 0.286. The van der Waals surface area contributed by atoms with Gasteiger partial charge >= 0.3 is 10.5 Å². The van der Waals surface area contributed by atoms with E-state index < -0.39 is 0 Å². The van der Waals surface area contributed by atoms with E-state index in [0.29, 0.717) is 0 Å². The minimum Gasteiger partial charge on any atom is -0.481 e. The lowest BCUT2D eigenvalue weighted by Gasteiger charge is -1.60. The van der Waals surface area contributed by atoms with Crippen LogP contribution in [-0.2, 0) is 4.43 Å². The first-order valence-electron chi connectivity index (χ1n) is 0.632. The van der Waals surface area contributed by atoms with Crippen LogP contribution in [0.4, 0.5) is 0 Å². The molecular weight excluding hydrogens is 70.1 g/mol. The normalized spacial score (nSPS) is 4.00. The number of rotatable bonds is 0. The van der Waals surface area contributed by atoms with Crippen molar-refractivity contribution >= 4 is 10.5 Å². The lowest BCUT2D eigenvalue weighted by molar-refractivity contribution is 0.564. The maximum absolute atomic E-state index is 7.35. The van der Waals surface area contributed by atoms with Gasteiger partial charge in [-0.1, -0.05) is 0 Å². The molecule has 3 heteroatoms. The molecule has 0 unspecified atom stereocenters. The van der Waals surface area contributed by atoms with Crippen LogP contribution in [0.5, 0.6) is 0 Å². The highest BCUT2D eigenvalue weighted by Crippen LogP contribution is 1.38. The molecule has 0 saturated carbocycles. The molecule has 0 heterocycles. The Hall–Kier alpha value is -0.493. The summed E-state index contributed by atoms with van der Waals surface area (Å²) in [6.45, 7) is 0. The molecule has 0 bridgehead atoms. The lowest BCUT2D eigenvalue weighted by atomic mass is 11.6. The molecule has 0 spiro atoms. The Morgan fingerprint density at radius 3 is 2.25 bits per heavy atom. The third-order valence-electron chi connectivity index (χ3n) is 0.0456. The van der Waals surface area contributed by atoms with Crippen LogP contribution in [0.1, 0.15) is 0 Å². The summed E-state index contributed by atoms with van der Waals surface area (Å²) >= 11 is 0. The molecule has 19 valence electrons. The highest BCUT2D eigenvalue weighted by atomic mass is 28.2. The number of hydrogen-bond acceptors (Lipinski definition) is 2. The fourth-order valence-electron chi connectivity index (χ4n) is 0. The third-order valence-corrected chi connectivity index (χ3v) is 0.137. The fourth-order valence-corrected chi connectivity index (χ4v) is 0. The Morgan fingerprint density at radius 1 is 2.00 bits per heavy atom. The average molecular weight is 70.1 g/mol. The van der Waals surface area contributed by atoms with Gasteiger partial charge in [-0.3, -0.25) is 0 Å². The Morgan fingerprint density at radius 2 is 2.25 bits per heavy atom. The summed E-state index contributed by atoms with van der Waals surface area (Å²) in [5.41, 5.74) is 0. The van der Waals surface area contributed by atoms with Crippen LogP contribution >= 0.6 is 0 Å². The predicted molar refractivity (Wildman–Crippen MR) is 12.5 cm³/mol. The number of nitrogens with zero attached hydrogens (tertiary/aromatic N) is 1. The van der Waals surface area contributed by atoms with Gasteiger partial charge < -0.3 is 4.43 Å². The van der Waals surface area contributed by atoms with Gasteiger partial charge in [0.15, 0.2) is 0 Å². The van der Waals surface area contributed by atoms with E-state index in [-0.39, 0.29) is 0 Å². The molecule has 0 N–H and O–H groups in total. The molecule has 0 amide bonds. The molecule has 0 aliphatic carbocycles. The molecule has 0 aliphatic rings. The van der Waals surface area contributed by atoms with Crippen LogP contribution < -0.4 is 0 Å². The molecule has 0 atom stereocenters. The maximum Gasteiger partial charge on any atom is 0.362 e. The zero-order valence-corrected chi connectivity index (χ0v) is 2.86.